The quantitative estimate of drug-likeness (QED) is 0.768. The molecule has 2 aromatic rings. The lowest BCUT2D eigenvalue weighted by molar-refractivity contribution is -0.122. The van der Waals surface area contributed by atoms with Gasteiger partial charge in [-0.05, 0) is 43.3 Å². The molecule has 8 heteroatoms. The van der Waals surface area contributed by atoms with Crippen LogP contribution in [-0.2, 0) is 14.6 Å². The second-order valence-corrected chi connectivity index (χ2v) is 7.54. The Kier molecular flexibility index (Phi) is 6.35. The first-order valence-corrected chi connectivity index (χ1v) is 9.80. The highest BCUT2D eigenvalue weighted by atomic mass is 32.2. The van der Waals surface area contributed by atoms with Crippen LogP contribution >= 0.6 is 0 Å². The number of anilines is 1. The van der Waals surface area contributed by atoms with Crippen molar-refractivity contribution in [2.75, 3.05) is 24.7 Å². The van der Waals surface area contributed by atoms with Gasteiger partial charge < -0.3 is 15.4 Å². The maximum Gasteiger partial charge on any atom is 0.257 e. The van der Waals surface area contributed by atoms with Crippen molar-refractivity contribution in [3.8, 4) is 5.75 Å². The molecule has 0 heterocycles. The van der Waals surface area contributed by atoms with Gasteiger partial charge in [-0.2, -0.15) is 0 Å². The molecule has 0 saturated heterocycles. The molecule has 7 nitrogen and oxygen atoms in total. The zero-order valence-electron chi connectivity index (χ0n) is 14.5. The molecule has 0 radical (unpaired) electrons. The monoisotopic (exact) mass is 376 g/mol. The molecule has 0 aromatic heterocycles. The smallest absolute Gasteiger partial charge is 0.257 e. The number of benzene rings is 2. The van der Waals surface area contributed by atoms with Gasteiger partial charge in [0, 0.05) is 30.1 Å². The predicted octanol–water partition coefficient (Wildman–Crippen LogP) is 1.86. The summed E-state index contributed by atoms with van der Waals surface area (Å²) in [5, 5.41) is 5.32. The number of ether oxygens (including phenoxy) is 1. The Hall–Kier alpha value is -2.87. The average molecular weight is 376 g/mol. The third-order valence-corrected chi connectivity index (χ3v) is 4.51. The lowest BCUT2D eigenvalue weighted by atomic mass is 10.2. The zero-order chi connectivity index (χ0) is 19.2. The predicted molar refractivity (Wildman–Crippen MR) is 98.1 cm³/mol. The summed E-state index contributed by atoms with van der Waals surface area (Å²) in [5.74, 6) is -0.166. The Bertz CT molecular complexity index is 892. The lowest BCUT2D eigenvalue weighted by Gasteiger charge is -2.09. The van der Waals surface area contributed by atoms with Gasteiger partial charge in [-0.1, -0.05) is 6.07 Å². The average Bonchev–Trinajstić information content (AvgIpc) is 2.60. The van der Waals surface area contributed by atoms with E-state index in [9.17, 15) is 18.0 Å². The number of nitrogens with one attached hydrogen (secondary N) is 2. The van der Waals surface area contributed by atoms with E-state index in [4.69, 9.17) is 4.74 Å². The van der Waals surface area contributed by atoms with E-state index in [-0.39, 0.29) is 23.3 Å². The Balaban J connectivity index is 2.02. The molecule has 0 bridgehead atoms. The molecule has 0 unspecified atom stereocenters. The standard InChI is InChI=1S/C18H20N2O5S/c1-3-19-17(21)12-25-15-6-4-5-14(11-15)20-18(22)13-7-9-16(10-8-13)26(2,23)24/h4-11H,3,12H2,1-2H3,(H,19,21)(H,20,22). The van der Waals surface area contributed by atoms with Crippen molar-refractivity contribution in [3.63, 3.8) is 0 Å². The van der Waals surface area contributed by atoms with E-state index in [0.29, 0.717) is 23.5 Å². The Labute approximate surface area is 152 Å². The normalized spacial score (nSPS) is 10.8. The first-order chi connectivity index (χ1) is 12.3. The zero-order valence-corrected chi connectivity index (χ0v) is 15.3. The van der Waals surface area contributed by atoms with E-state index >= 15 is 0 Å². The third-order valence-electron chi connectivity index (χ3n) is 3.38. The van der Waals surface area contributed by atoms with E-state index in [1.807, 2.05) is 6.92 Å². The van der Waals surface area contributed by atoms with Crippen molar-refractivity contribution in [3.05, 3.63) is 54.1 Å². The molecular formula is C18H20N2O5S. The summed E-state index contributed by atoms with van der Waals surface area (Å²) in [6, 6.07) is 12.3. The molecule has 2 N–H and O–H groups in total. The van der Waals surface area contributed by atoms with Crippen LogP contribution < -0.4 is 15.4 Å². The molecule has 0 aliphatic heterocycles. The van der Waals surface area contributed by atoms with Crippen LogP contribution in [0.4, 0.5) is 5.69 Å². The number of carbonyl (C=O) groups excluding carboxylic acids is 2. The number of likely N-dealkylation sites (N-methyl/N-ethyl adjacent to an activating group) is 1. The van der Waals surface area contributed by atoms with Gasteiger partial charge in [0.05, 0.1) is 4.90 Å². The van der Waals surface area contributed by atoms with E-state index in [2.05, 4.69) is 10.6 Å². The first-order valence-electron chi connectivity index (χ1n) is 7.90. The molecule has 2 amide bonds. The van der Waals surface area contributed by atoms with Gasteiger partial charge in [-0.15, -0.1) is 0 Å². The van der Waals surface area contributed by atoms with Crippen molar-refractivity contribution in [2.45, 2.75) is 11.8 Å². The SMILES string of the molecule is CCNC(=O)COc1cccc(NC(=O)c2ccc(S(C)(=O)=O)cc2)c1. The van der Waals surface area contributed by atoms with Crippen LogP contribution in [0.3, 0.4) is 0 Å². The second-order valence-electron chi connectivity index (χ2n) is 5.52. The summed E-state index contributed by atoms with van der Waals surface area (Å²) < 4.78 is 28.3. The summed E-state index contributed by atoms with van der Waals surface area (Å²) in [4.78, 5) is 23.8. The molecule has 0 aliphatic rings. The van der Waals surface area contributed by atoms with E-state index in [1.165, 1.54) is 24.3 Å². The molecule has 26 heavy (non-hydrogen) atoms. The Morgan fingerprint density at radius 2 is 1.77 bits per heavy atom. The fourth-order valence-electron chi connectivity index (χ4n) is 2.12. The minimum absolute atomic E-state index is 0.113. The summed E-state index contributed by atoms with van der Waals surface area (Å²) in [6.07, 6.45) is 1.11. The minimum Gasteiger partial charge on any atom is -0.484 e. The maximum atomic E-state index is 12.3. The molecule has 138 valence electrons. The highest BCUT2D eigenvalue weighted by molar-refractivity contribution is 7.90. The molecule has 0 spiro atoms. The number of rotatable bonds is 7. The maximum absolute atomic E-state index is 12.3. The molecule has 0 atom stereocenters. The summed E-state index contributed by atoms with van der Waals surface area (Å²) in [5.41, 5.74) is 0.821. The van der Waals surface area contributed by atoms with Crippen LogP contribution in [0.2, 0.25) is 0 Å². The Morgan fingerprint density at radius 1 is 1.08 bits per heavy atom. The summed E-state index contributed by atoms with van der Waals surface area (Å²) in [6.45, 7) is 2.23. The van der Waals surface area contributed by atoms with Gasteiger partial charge in [0.15, 0.2) is 16.4 Å². The highest BCUT2D eigenvalue weighted by Crippen LogP contribution is 2.18. The van der Waals surface area contributed by atoms with Gasteiger partial charge in [0.25, 0.3) is 11.8 Å². The third kappa shape index (κ3) is 5.59. The number of hydrogen-bond donors (Lipinski definition) is 2. The van der Waals surface area contributed by atoms with E-state index < -0.39 is 9.84 Å². The second kappa shape index (κ2) is 8.48. The van der Waals surface area contributed by atoms with Crippen molar-refractivity contribution in [1.29, 1.82) is 0 Å². The van der Waals surface area contributed by atoms with Crippen LogP contribution in [0.1, 0.15) is 17.3 Å². The van der Waals surface area contributed by atoms with Crippen LogP contribution in [-0.4, -0.2) is 39.6 Å². The van der Waals surface area contributed by atoms with Gasteiger partial charge in [0.2, 0.25) is 0 Å². The van der Waals surface area contributed by atoms with Crippen LogP contribution in [0.5, 0.6) is 5.75 Å². The van der Waals surface area contributed by atoms with Gasteiger partial charge in [0.1, 0.15) is 5.75 Å². The van der Waals surface area contributed by atoms with Crippen molar-refractivity contribution >= 4 is 27.3 Å². The summed E-state index contributed by atoms with van der Waals surface area (Å²) in [7, 11) is -3.31. The van der Waals surface area contributed by atoms with Gasteiger partial charge >= 0.3 is 0 Å². The van der Waals surface area contributed by atoms with Crippen molar-refractivity contribution in [2.24, 2.45) is 0 Å². The van der Waals surface area contributed by atoms with E-state index in [0.717, 1.165) is 6.26 Å². The van der Waals surface area contributed by atoms with Crippen LogP contribution in [0.25, 0.3) is 0 Å². The highest BCUT2D eigenvalue weighted by Gasteiger charge is 2.10. The number of sulfone groups is 1. The van der Waals surface area contributed by atoms with Crippen molar-refractivity contribution < 1.29 is 22.7 Å². The Morgan fingerprint density at radius 3 is 2.38 bits per heavy atom. The molecule has 0 aliphatic carbocycles. The largest absolute Gasteiger partial charge is 0.484 e. The topological polar surface area (TPSA) is 102 Å². The van der Waals surface area contributed by atoms with Gasteiger partial charge in [-0.3, -0.25) is 9.59 Å². The number of amides is 2. The van der Waals surface area contributed by atoms with Crippen LogP contribution in [0, 0.1) is 0 Å². The number of carbonyl (C=O) groups is 2. The molecular weight excluding hydrogens is 356 g/mol. The molecule has 0 fully saturated rings. The fourth-order valence-corrected chi connectivity index (χ4v) is 2.75. The molecule has 0 saturated carbocycles. The van der Waals surface area contributed by atoms with E-state index in [1.54, 1.807) is 24.3 Å². The summed E-state index contributed by atoms with van der Waals surface area (Å²) >= 11 is 0. The lowest BCUT2D eigenvalue weighted by Crippen LogP contribution is -2.28. The minimum atomic E-state index is -3.31. The van der Waals surface area contributed by atoms with Gasteiger partial charge in [-0.25, -0.2) is 8.42 Å². The first kappa shape index (κ1) is 19.5. The number of hydrogen-bond acceptors (Lipinski definition) is 5. The van der Waals surface area contributed by atoms with Crippen molar-refractivity contribution in [1.82, 2.24) is 5.32 Å². The molecule has 2 rings (SSSR count). The molecule has 2 aromatic carbocycles. The fraction of sp³-hybridized carbons (Fsp3) is 0.222. The van der Waals surface area contributed by atoms with Crippen LogP contribution in [0.15, 0.2) is 53.4 Å².